The summed E-state index contributed by atoms with van der Waals surface area (Å²) in [6.07, 6.45) is 3.03. The van der Waals surface area contributed by atoms with Gasteiger partial charge in [0.25, 0.3) is 11.8 Å². The Morgan fingerprint density at radius 2 is 1.80 bits per heavy atom. The maximum absolute atomic E-state index is 12.3. The number of benzene rings is 1. The monoisotopic (exact) mass is 344 g/mol. The lowest BCUT2D eigenvalue weighted by Gasteiger charge is -2.10. The minimum atomic E-state index is -1.11. The van der Waals surface area contributed by atoms with Gasteiger partial charge < -0.3 is 20.2 Å². The molecular formula is C18H20N2O5. The molecule has 1 atom stereocenters. The summed E-state index contributed by atoms with van der Waals surface area (Å²) in [6.45, 7) is 3.38. The second-order valence-corrected chi connectivity index (χ2v) is 5.57. The van der Waals surface area contributed by atoms with E-state index < -0.39 is 17.9 Å². The highest BCUT2D eigenvalue weighted by molar-refractivity contribution is 6.05. The third-order valence-electron chi connectivity index (χ3n) is 3.59. The molecule has 7 heteroatoms. The van der Waals surface area contributed by atoms with Gasteiger partial charge in [-0.15, -0.1) is 0 Å². The van der Waals surface area contributed by atoms with E-state index in [1.807, 2.05) is 6.92 Å². The highest BCUT2D eigenvalue weighted by Gasteiger charge is 2.16. The van der Waals surface area contributed by atoms with E-state index in [9.17, 15) is 14.4 Å². The van der Waals surface area contributed by atoms with Crippen LogP contribution in [-0.4, -0.2) is 28.9 Å². The van der Waals surface area contributed by atoms with Crippen LogP contribution in [0.1, 0.15) is 46.7 Å². The molecule has 0 spiro atoms. The van der Waals surface area contributed by atoms with Crippen molar-refractivity contribution in [2.24, 2.45) is 0 Å². The quantitative estimate of drug-likeness (QED) is 0.715. The molecule has 0 bridgehead atoms. The molecule has 132 valence electrons. The van der Waals surface area contributed by atoms with Gasteiger partial charge in [0.2, 0.25) is 0 Å². The van der Waals surface area contributed by atoms with Crippen LogP contribution in [0.5, 0.6) is 0 Å². The number of rotatable bonds is 7. The van der Waals surface area contributed by atoms with Crippen molar-refractivity contribution in [1.82, 2.24) is 5.32 Å². The normalized spacial score (nSPS) is 11.6. The lowest BCUT2D eigenvalue weighted by atomic mass is 10.1. The molecule has 0 aliphatic rings. The third-order valence-corrected chi connectivity index (χ3v) is 3.59. The first-order chi connectivity index (χ1) is 11.9. The number of aryl methyl sites for hydroxylation is 1. The van der Waals surface area contributed by atoms with Gasteiger partial charge in [-0.1, -0.05) is 6.92 Å². The zero-order chi connectivity index (χ0) is 18.4. The Balaban J connectivity index is 2.02. The number of carboxylic acid groups (broad SMARTS) is 1. The molecular weight excluding hydrogens is 324 g/mol. The second kappa shape index (κ2) is 8.14. The van der Waals surface area contributed by atoms with Crippen LogP contribution in [0.4, 0.5) is 5.69 Å². The van der Waals surface area contributed by atoms with Crippen molar-refractivity contribution in [3.8, 4) is 0 Å². The first-order valence-electron chi connectivity index (χ1n) is 7.93. The van der Waals surface area contributed by atoms with Gasteiger partial charge in [0.1, 0.15) is 11.8 Å². The Bertz CT molecular complexity index is 764. The Hall–Kier alpha value is -3.09. The van der Waals surface area contributed by atoms with Crippen molar-refractivity contribution in [2.75, 3.05) is 5.32 Å². The van der Waals surface area contributed by atoms with Crippen LogP contribution in [0.3, 0.4) is 0 Å². The summed E-state index contributed by atoms with van der Waals surface area (Å²) in [7, 11) is 0. The van der Waals surface area contributed by atoms with Gasteiger partial charge in [-0.25, -0.2) is 0 Å². The van der Waals surface area contributed by atoms with Crippen molar-refractivity contribution < 1.29 is 23.9 Å². The summed E-state index contributed by atoms with van der Waals surface area (Å²) >= 11 is 0. The second-order valence-electron chi connectivity index (χ2n) is 5.57. The summed E-state index contributed by atoms with van der Waals surface area (Å²) in [5, 5.41) is 13.9. The summed E-state index contributed by atoms with van der Waals surface area (Å²) in [5.74, 6) is -1.25. The number of carboxylic acids is 1. The van der Waals surface area contributed by atoms with Crippen molar-refractivity contribution in [2.45, 2.75) is 32.7 Å². The first-order valence-corrected chi connectivity index (χ1v) is 7.93. The largest absolute Gasteiger partial charge is 0.480 e. The zero-order valence-electron chi connectivity index (χ0n) is 14.0. The van der Waals surface area contributed by atoms with E-state index in [0.29, 0.717) is 29.0 Å². The van der Waals surface area contributed by atoms with Crippen LogP contribution in [0.15, 0.2) is 41.0 Å². The van der Waals surface area contributed by atoms with Crippen LogP contribution in [0.25, 0.3) is 0 Å². The molecule has 0 saturated heterocycles. The van der Waals surface area contributed by atoms with E-state index in [2.05, 4.69) is 10.6 Å². The minimum absolute atomic E-state index is 0.283. The summed E-state index contributed by atoms with van der Waals surface area (Å²) < 4.78 is 5.31. The maximum atomic E-state index is 12.3. The van der Waals surface area contributed by atoms with E-state index in [-0.39, 0.29) is 5.91 Å². The summed E-state index contributed by atoms with van der Waals surface area (Å²) in [4.78, 5) is 35.0. The SMILES string of the molecule is CCCc1occc1C(=O)Nc1ccc(C(=O)NC(C)C(=O)O)cc1. The summed E-state index contributed by atoms with van der Waals surface area (Å²) in [5.41, 5.74) is 1.32. The molecule has 1 unspecified atom stereocenters. The highest BCUT2D eigenvalue weighted by atomic mass is 16.4. The van der Waals surface area contributed by atoms with Crippen molar-refractivity contribution in [1.29, 1.82) is 0 Å². The number of amides is 2. The third kappa shape index (κ3) is 4.69. The van der Waals surface area contributed by atoms with Crippen LogP contribution in [0, 0.1) is 0 Å². The predicted octanol–water partition coefficient (Wildman–Crippen LogP) is 2.69. The Kier molecular flexibility index (Phi) is 5.94. The van der Waals surface area contributed by atoms with Gasteiger partial charge >= 0.3 is 5.97 Å². The number of anilines is 1. The molecule has 1 heterocycles. The Labute approximate surface area is 145 Å². The molecule has 0 aliphatic carbocycles. The average Bonchev–Trinajstić information content (AvgIpc) is 3.04. The Morgan fingerprint density at radius 3 is 2.40 bits per heavy atom. The fourth-order valence-corrected chi connectivity index (χ4v) is 2.21. The molecule has 7 nitrogen and oxygen atoms in total. The van der Waals surface area contributed by atoms with E-state index in [4.69, 9.17) is 9.52 Å². The standard InChI is InChI=1S/C18H20N2O5/c1-3-4-15-14(9-10-25-15)17(22)20-13-7-5-12(6-8-13)16(21)19-11(2)18(23)24/h5-11H,3-4H2,1-2H3,(H,19,21)(H,20,22)(H,23,24). The molecule has 1 aromatic carbocycles. The van der Waals surface area contributed by atoms with Crippen LogP contribution in [-0.2, 0) is 11.2 Å². The van der Waals surface area contributed by atoms with Crippen LogP contribution in [0.2, 0.25) is 0 Å². The molecule has 1 aromatic heterocycles. The van der Waals surface area contributed by atoms with Gasteiger partial charge in [-0.05, 0) is 43.7 Å². The molecule has 0 radical (unpaired) electrons. The maximum Gasteiger partial charge on any atom is 0.325 e. The van der Waals surface area contributed by atoms with Crippen molar-refractivity contribution in [3.05, 3.63) is 53.5 Å². The fourth-order valence-electron chi connectivity index (χ4n) is 2.21. The lowest BCUT2D eigenvalue weighted by molar-refractivity contribution is -0.138. The van der Waals surface area contributed by atoms with Gasteiger partial charge in [-0.3, -0.25) is 14.4 Å². The molecule has 0 saturated carbocycles. The van der Waals surface area contributed by atoms with E-state index in [0.717, 1.165) is 6.42 Å². The topological polar surface area (TPSA) is 109 Å². The zero-order valence-corrected chi connectivity index (χ0v) is 14.0. The number of furan rings is 1. The average molecular weight is 344 g/mol. The summed E-state index contributed by atoms with van der Waals surface area (Å²) in [6, 6.07) is 6.83. The molecule has 0 aliphatic heterocycles. The molecule has 25 heavy (non-hydrogen) atoms. The van der Waals surface area contributed by atoms with E-state index in [1.54, 1.807) is 18.2 Å². The number of aliphatic carboxylic acids is 1. The van der Waals surface area contributed by atoms with Crippen molar-refractivity contribution >= 4 is 23.5 Å². The smallest absolute Gasteiger partial charge is 0.325 e. The number of carbonyl (C=O) groups excluding carboxylic acids is 2. The van der Waals surface area contributed by atoms with Crippen LogP contribution < -0.4 is 10.6 Å². The molecule has 3 N–H and O–H groups in total. The molecule has 2 rings (SSSR count). The number of nitrogens with one attached hydrogen (secondary N) is 2. The lowest BCUT2D eigenvalue weighted by Crippen LogP contribution is -2.38. The molecule has 0 fully saturated rings. The van der Waals surface area contributed by atoms with Crippen LogP contribution >= 0.6 is 0 Å². The number of hydrogen-bond acceptors (Lipinski definition) is 4. The number of hydrogen-bond donors (Lipinski definition) is 3. The minimum Gasteiger partial charge on any atom is -0.480 e. The van der Waals surface area contributed by atoms with Gasteiger partial charge in [-0.2, -0.15) is 0 Å². The van der Waals surface area contributed by atoms with Crippen molar-refractivity contribution in [3.63, 3.8) is 0 Å². The number of carbonyl (C=O) groups is 3. The first kappa shape index (κ1) is 18.3. The molecule has 2 amide bonds. The predicted molar refractivity (Wildman–Crippen MR) is 91.7 cm³/mol. The van der Waals surface area contributed by atoms with E-state index >= 15 is 0 Å². The van der Waals surface area contributed by atoms with E-state index in [1.165, 1.54) is 25.3 Å². The van der Waals surface area contributed by atoms with Gasteiger partial charge in [0, 0.05) is 17.7 Å². The van der Waals surface area contributed by atoms with Gasteiger partial charge in [0.15, 0.2) is 0 Å². The highest BCUT2D eigenvalue weighted by Crippen LogP contribution is 2.16. The fraction of sp³-hybridized carbons (Fsp3) is 0.278. The van der Waals surface area contributed by atoms with Gasteiger partial charge in [0.05, 0.1) is 11.8 Å². The Morgan fingerprint density at radius 1 is 1.12 bits per heavy atom. The molecule has 2 aromatic rings.